The van der Waals surface area contributed by atoms with Gasteiger partial charge in [-0.1, -0.05) is 31.5 Å². The van der Waals surface area contributed by atoms with E-state index in [1.807, 2.05) is 32.0 Å². The average molecular weight is 309 g/mol. The number of nitrogens with one attached hydrogen (secondary N) is 1. The van der Waals surface area contributed by atoms with Gasteiger partial charge in [-0.05, 0) is 49.8 Å². The van der Waals surface area contributed by atoms with E-state index in [-0.39, 0.29) is 11.9 Å². The van der Waals surface area contributed by atoms with Crippen molar-refractivity contribution in [3.8, 4) is 0 Å². The predicted octanol–water partition coefficient (Wildman–Crippen LogP) is 3.95. The third kappa shape index (κ3) is 4.21. The van der Waals surface area contributed by atoms with E-state index in [1.54, 1.807) is 0 Å². The molecule has 21 heavy (non-hydrogen) atoms. The number of amides is 1. The van der Waals surface area contributed by atoms with E-state index in [0.717, 1.165) is 24.3 Å². The Kier molecular flexibility index (Phi) is 5.28. The highest BCUT2D eigenvalue weighted by Crippen LogP contribution is 2.24. The number of aryl methyl sites for hydroxylation is 1. The molecule has 1 aromatic rings. The molecule has 3 atom stereocenters. The SMILES string of the molecule is Cc1ccc(Cl)cc1NC(=O)[C@H](C)N1C[C@H](C)C[C@H](C)C1. The van der Waals surface area contributed by atoms with Gasteiger partial charge in [0.1, 0.15) is 0 Å². The van der Waals surface area contributed by atoms with Crippen molar-refractivity contribution in [2.75, 3.05) is 18.4 Å². The molecule has 0 spiro atoms. The minimum Gasteiger partial charge on any atom is -0.324 e. The Morgan fingerprint density at radius 1 is 1.33 bits per heavy atom. The van der Waals surface area contributed by atoms with Crippen molar-refractivity contribution in [3.05, 3.63) is 28.8 Å². The zero-order chi connectivity index (χ0) is 15.6. The van der Waals surface area contributed by atoms with E-state index < -0.39 is 0 Å². The van der Waals surface area contributed by atoms with Crippen LogP contribution in [0.25, 0.3) is 0 Å². The average Bonchev–Trinajstić information content (AvgIpc) is 2.41. The molecule has 1 aliphatic rings. The lowest BCUT2D eigenvalue weighted by atomic mass is 9.91. The fraction of sp³-hybridized carbons (Fsp3) is 0.588. The summed E-state index contributed by atoms with van der Waals surface area (Å²) in [5.41, 5.74) is 1.83. The third-order valence-electron chi connectivity index (χ3n) is 4.28. The molecular formula is C17H25ClN2O. The van der Waals surface area contributed by atoms with Gasteiger partial charge in [-0.15, -0.1) is 0 Å². The molecule has 0 saturated carbocycles. The zero-order valence-corrected chi connectivity index (χ0v) is 14.1. The molecule has 1 aromatic carbocycles. The quantitative estimate of drug-likeness (QED) is 0.917. The van der Waals surface area contributed by atoms with Gasteiger partial charge in [-0.3, -0.25) is 9.69 Å². The lowest BCUT2D eigenvalue weighted by molar-refractivity contribution is -0.121. The molecule has 1 saturated heterocycles. The number of halogens is 1. The summed E-state index contributed by atoms with van der Waals surface area (Å²) < 4.78 is 0. The van der Waals surface area contributed by atoms with E-state index in [1.165, 1.54) is 6.42 Å². The van der Waals surface area contributed by atoms with Crippen LogP contribution in [0.1, 0.15) is 32.8 Å². The number of hydrogen-bond donors (Lipinski definition) is 1. The maximum atomic E-state index is 12.5. The summed E-state index contributed by atoms with van der Waals surface area (Å²) in [6.07, 6.45) is 1.25. The first kappa shape index (κ1) is 16.3. The van der Waals surface area contributed by atoms with Gasteiger partial charge in [0.05, 0.1) is 6.04 Å². The van der Waals surface area contributed by atoms with Crippen LogP contribution in [0.4, 0.5) is 5.69 Å². The smallest absolute Gasteiger partial charge is 0.241 e. The first-order chi connectivity index (χ1) is 9.86. The second kappa shape index (κ2) is 6.80. The molecule has 2 rings (SSSR count). The van der Waals surface area contributed by atoms with Gasteiger partial charge in [0.2, 0.25) is 5.91 Å². The number of piperidine rings is 1. The maximum Gasteiger partial charge on any atom is 0.241 e. The number of carbonyl (C=O) groups is 1. The maximum absolute atomic E-state index is 12.5. The van der Waals surface area contributed by atoms with Crippen LogP contribution in [0.3, 0.4) is 0 Å². The lowest BCUT2D eigenvalue weighted by Crippen LogP contribution is -2.48. The van der Waals surface area contributed by atoms with Crippen molar-refractivity contribution >= 4 is 23.2 Å². The second-order valence-electron chi connectivity index (χ2n) is 6.52. The van der Waals surface area contributed by atoms with Crippen LogP contribution in [-0.4, -0.2) is 29.9 Å². The Labute approximate surface area is 132 Å². The van der Waals surface area contributed by atoms with E-state index in [9.17, 15) is 4.79 Å². The highest BCUT2D eigenvalue weighted by Gasteiger charge is 2.28. The Hall–Kier alpha value is -1.06. The summed E-state index contributed by atoms with van der Waals surface area (Å²) in [4.78, 5) is 14.8. The molecule has 116 valence electrons. The molecule has 1 heterocycles. The van der Waals surface area contributed by atoms with Crippen molar-refractivity contribution in [2.24, 2.45) is 11.8 Å². The fourth-order valence-corrected chi connectivity index (χ4v) is 3.33. The molecule has 1 fully saturated rings. The number of anilines is 1. The van der Waals surface area contributed by atoms with Gasteiger partial charge in [-0.25, -0.2) is 0 Å². The molecule has 1 aliphatic heterocycles. The van der Waals surface area contributed by atoms with Crippen LogP contribution < -0.4 is 5.32 Å². The van der Waals surface area contributed by atoms with E-state index >= 15 is 0 Å². The van der Waals surface area contributed by atoms with Gasteiger partial charge >= 0.3 is 0 Å². The first-order valence-electron chi connectivity index (χ1n) is 7.68. The number of nitrogens with zero attached hydrogens (tertiary/aromatic N) is 1. The van der Waals surface area contributed by atoms with Crippen LogP contribution in [0.15, 0.2) is 18.2 Å². The summed E-state index contributed by atoms with van der Waals surface area (Å²) in [5.74, 6) is 1.34. The van der Waals surface area contributed by atoms with Crippen LogP contribution in [0.5, 0.6) is 0 Å². The third-order valence-corrected chi connectivity index (χ3v) is 4.52. The number of benzene rings is 1. The molecule has 0 aromatic heterocycles. The Bertz CT molecular complexity index is 508. The Balaban J connectivity index is 2.04. The van der Waals surface area contributed by atoms with Crippen LogP contribution >= 0.6 is 11.6 Å². The normalized spacial score (nSPS) is 24.6. The van der Waals surface area contributed by atoms with Gasteiger partial charge in [0, 0.05) is 23.8 Å². The van der Waals surface area contributed by atoms with Crippen LogP contribution in [0, 0.1) is 18.8 Å². The number of carbonyl (C=O) groups excluding carboxylic acids is 1. The summed E-state index contributed by atoms with van der Waals surface area (Å²) in [6, 6.07) is 5.45. The van der Waals surface area contributed by atoms with Crippen molar-refractivity contribution in [1.29, 1.82) is 0 Å². The van der Waals surface area contributed by atoms with Gasteiger partial charge in [0.15, 0.2) is 0 Å². The van der Waals surface area contributed by atoms with E-state index in [4.69, 9.17) is 11.6 Å². The molecular weight excluding hydrogens is 284 g/mol. The minimum atomic E-state index is -0.117. The van der Waals surface area contributed by atoms with Crippen molar-refractivity contribution in [1.82, 2.24) is 4.90 Å². The summed E-state index contributed by atoms with van der Waals surface area (Å²) in [5, 5.41) is 3.66. The number of hydrogen-bond acceptors (Lipinski definition) is 2. The molecule has 0 radical (unpaired) electrons. The molecule has 1 N–H and O–H groups in total. The molecule has 0 unspecified atom stereocenters. The number of rotatable bonds is 3. The topological polar surface area (TPSA) is 32.3 Å². The molecule has 0 bridgehead atoms. The van der Waals surface area contributed by atoms with Crippen molar-refractivity contribution in [3.63, 3.8) is 0 Å². The standard InChI is InChI=1S/C17H25ClN2O/c1-11-7-12(2)10-20(9-11)14(4)17(21)19-16-8-15(18)6-5-13(16)3/h5-6,8,11-12,14H,7,9-10H2,1-4H3,(H,19,21)/t11-,12+,14-/m0/s1. The Morgan fingerprint density at radius 2 is 1.95 bits per heavy atom. The fourth-order valence-electron chi connectivity index (χ4n) is 3.16. The van der Waals surface area contributed by atoms with Crippen LogP contribution in [-0.2, 0) is 4.79 Å². The second-order valence-corrected chi connectivity index (χ2v) is 6.96. The van der Waals surface area contributed by atoms with Crippen molar-refractivity contribution < 1.29 is 4.79 Å². The monoisotopic (exact) mass is 308 g/mol. The Morgan fingerprint density at radius 3 is 2.57 bits per heavy atom. The summed E-state index contributed by atoms with van der Waals surface area (Å²) >= 11 is 6.01. The molecule has 0 aliphatic carbocycles. The van der Waals surface area contributed by atoms with Gasteiger partial charge in [0.25, 0.3) is 0 Å². The summed E-state index contributed by atoms with van der Waals surface area (Å²) in [7, 11) is 0. The number of likely N-dealkylation sites (tertiary alicyclic amines) is 1. The molecule has 3 nitrogen and oxygen atoms in total. The zero-order valence-electron chi connectivity index (χ0n) is 13.3. The van der Waals surface area contributed by atoms with E-state index in [2.05, 4.69) is 24.1 Å². The first-order valence-corrected chi connectivity index (χ1v) is 8.05. The van der Waals surface area contributed by atoms with Gasteiger partial charge < -0.3 is 5.32 Å². The highest BCUT2D eigenvalue weighted by molar-refractivity contribution is 6.31. The molecule has 1 amide bonds. The predicted molar refractivity (Wildman–Crippen MR) is 88.8 cm³/mol. The minimum absolute atomic E-state index is 0.0432. The lowest BCUT2D eigenvalue weighted by Gasteiger charge is -2.38. The highest BCUT2D eigenvalue weighted by atomic mass is 35.5. The van der Waals surface area contributed by atoms with Gasteiger partial charge in [-0.2, -0.15) is 0 Å². The van der Waals surface area contributed by atoms with E-state index in [0.29, 0.717) is 16.9 Å². The van der Waals surface area contributed by atoms with Crippen LogP contribution in [0.2, 0.25) is 5.02 Å². The summed E-state index contributed by atoms with van der Waals surface area (Å²) in [6.45, 7) is 10.5. The largest absolute Gasteiger partial charge is 0.324 e. The molecule has 4 heteroatoms. The van der Waals surface area contributed by atoms with Crippen molar-refractivity contribution in [2.45, 2.75) is 40.2 Å².